The number of fused-ring (bicyclic) bond motifs is 7. The third-order valence-corrected chi connectivity index (χ3v) is 10.1. The van der Waals surface area contributed by atoms with Gasteiger partial charge < -0.3 is 19.7 Å². The van der Waals surface area contributed by atoms with E-state index in [1.54, 1.807) is 6.08 Å². The van der Waals surface area contributed by atoms with Crippen LogP contribution in [0.15, 0.2) is 11.6 Å². The van der Waals surface area contributed by atoms with Gasteiger partial charge in [0.2, 0.25) is 0 Å². The number of hydrogen-bond donors (Lipinski definition) is 2. The fourth-order valence-corrected chi connectivity index (χ4v) is 8.33. The van der Waals surface area contributed by atoms with Crippen LogP contribution in [0, 0.1) is 34.5 Å². The van der Waals surface area contributed by atoms with Crippen molar-refractivity contribution >= 4 is 17.7 Å². The first-order valence-corrected chi connectivity index (χ1v) is 12.5. The van der Waals surface area contributed by atoms with Crippen molar-refractivity contribution in [3.63, 3.8) is 0 Å². The summed E-state index contributed by atoms with van der Waals surface area (Å²) in [6.45, 7) is 7.99. The van der Waals surface area contributed by atoms with Crippen molar-refractivity contribution in [3.05, 3.63) is 11.6 Å². The summed E-state index contributed by atoms with van der Waals surface area (Å²) in [7, 11) is 0. The Bertz CT molecular complexity index is 924. The minimum atomic E-state index is -1.05. The zero-order chi connectivity index (χ0) is 23.9. The first-order valence-electron chi connectivity index (χ1n) is 12.5. The number of carboxylic acid groups (broad SMARTS) is 1. The summed E-state index contributed by atoms with van der Waals surface area (Å²) in [6, 6.07) is 0. The molecule has 5 rings (SSSR count). The van der Waals surface area contributed by atoms with Gasteiger partial charge in [0.15, 0.2) is 5.78 Å². The number of esters is 1. The number of carbonyl (C=O) groups excluding carboxylic acids is 2. The molecule has 3 saturated carbocycles. The summed E-state index contributed by atoms with van der Waals surface area (Å²) < 4.78 is 11.6. The fourth-order valence-electron chi connectivity index (χ4n) is 8.33. The second-order valence-electron chi connectivity index (χ2n) is 11.8. The van der Waals surface area contributed by atoms with E-state index in [0.717, 1.165) is 24.8 Å². The zero-order valence-electron chi connectivity index (χ0n) is 20.0. The minimum Gasteiger partial charge on any atom is -0.481 e. The van der Waals surface area contributed by atoms with Crippen LogP contribution in [0.25, 0.3) is 0 Å². The van der Waals surface area contributed by atoms with Crippen LogP contribution in [0.1, 0.15) is 72.6 Å². The summed E-state index contributed by atoms with van der Waals surface area (Å²) in [6.07, 6.45) is 4.58. The first-order chi connectivity index (χ1) is 15.4. The third-order valence-electron chi connectivity index (χ3n) is 10.1. The molecule has 7 nitrogen and oxygen atoms in total. The first kappa shape index (κ1) is 23.0. The third kappa shape index (κ3) is 3.18. The number of aliphatic hydroxyl groups is 1. The van der Waals surface area contributed by atoms with Gasteiger partial charge in [-0.3, -0.25) is 14.4 Å². The summed E-state index contributed by atoms with van der Waals surface area (Å²) in [4.78, 5) is 37.2. The van der Waals surface area contributed by atoms with E-state index >= 15 is 0 Å². The highest BCUT2D eigenvalue weighted by Crippen LogP contribution is 2.70. The number of ether oxygens (including phenoxy) is 2. The van der Waals surface area contributed by atoms with E-state index in [1.807, 2.05) is 13.8 Å². The van der Waals surface area contributed by atoms with Crippen molar-refractivity contribution < 1.29 is 34.1 Å². The largest absolute Gasteiger partial charge is 0.481 e. The van der Waals surface area contributed by atoms with Crippen LogP contribution in [0.5, 0.6) is 0 Å². The van der Waals surface area contributed by atoms with Gasteiger partial charge in [0.25, 0.3) is 0 Å². The van der Waals surface area contributed by atoms with E-state index in [2.05, 4.69) is 13.8 Å². The van der Waals surface area contributed by atoms with Crippen LogP contribution in [-0.2, 0) is 23.9 Å². The van der Waals surface area contributed by atoms with Gasteiger partial charge in [0.05, 0.1) is 17.6 Å². The van der Waals surface area contributed by atoms with E-state index in [-0.39, 0.29) is 72.0 Å². The molecule has 0 aromatic carbocycles. The molecule has 182 valence electrons. The molecule has 0 aromatic rings. The highest BCUT2D eigenvalue weighted by molar-refractivity contribution is 5.98. The number of carboxylic acids is 1. The molecule has 2 unspecified atom stereocenters. The highest BCUT2D eigenvalue weighted by atomic mass is 16.6. The van der Waals surface area contributed by atoms with Crippen LogP contribution >= 0.6 is 0 Å². The van der Waals surface area contributed by atoms with Crippen LogP contribution in [0.2, 0.25) is 0 Å². The van der Waals surface area contributed by atoms with Gasteiger partial charge in [0, 0.05) is 11.8 Å². The predicted molar refractivity (Wildman–Crippen MR) is 118 cm³/mol. The van der Waals surface area contributed by atoms with Gasteiger partial charge in [-0.25, -0.2) is 0 Å². The van der Waals surface area contributed by atoms with Gasteiger partial charge in [-0.1, -0.05) is 19.4 Å². The quantitative estimate of drug-likeness (QED) is 0.478. The molecular formula is C26H36O7. The molecule has 9 atom stereocenters. The number of aliphatic carboxylic acids is 1. The Hall–Kier alpha value is -1.73. The summed E-state index contributed by atoms with van der Waals surface area (Å²) >= 11 is 0. The number of hydrogen-bond acceptors (Lipinski definition) is 6. The van der Waals surface area contributed by atoms with E-state index in [0.29, 0.717) is 12.8 Å². The van der Waals surface area contributed by atoms with E-state index in [4.69, 9.17) is 9.47 Å². The fraction of sp³-hybridized carbons (Fsp3) is 0.808. The second kappa shape index (κ2) is 7.38. The summed E-state index contributed by atoms with van der Waals surface area (Å²) in [5, 5.41) is 20.9. The molecule has 1 aliphatic heterocycles. The van der Waals surface area contributed by atoms with Gasteiger partial charge >= 0.3 is 11.9 Å². The highest BCUT2D eigenvalue weighted by Gasteiger charge is 2.71. The van der Waals surface area contributed by atoms with Crippen LogP contribution < -0.4 is 0 Å². The van der Waals surface area contributed by atoms with Crippen molar-refractivity contribution in [1.82, 2.24) is 0 Å². The summed E-state index contributed by atoms with van der Waals surface area (Å²) in [5.41, 5.74) is -0.778. The zero-order valence-corrected chi connectivity index (χ0v) is 20.0. The van der Waals surface area contributed by atoms with Crippen molar-refractivity contribution in [1.29, 1.82) is 0 Å². The maximum Gasteiger partial charge on any atom is 0.309 e. The van der Waals surface area contributed by atoms with Crippen molar-refractivity contribution in [3.8, 4) is 0 Å². The van der Waals surface area contributed by atoms with Gasteiger partial charge in [0.1, 0.15) is 12.2 Å². The lowest BCUT2D eigenvalue weighted by Gasteiger charge is -2.60. The molecule has 1 heterocycles. The number of carbonyl (C=O) groups is 3. The molecule has 2 N–H and O–H groups in total. The van der Waals surface area contributed by atoms with Crippen LogP contribution in [-0.4, -0.2) is 51.8 Å². The number of ketones is 1. The molecule has 0 aromatic heterocycles. The standard InChI is InChI=1S/C26H36O7/c1-13(2)32-23(30)15-11-14-12-18(27)21-22(33-21)25(14,4)17-5-8-24(3)16(20(15)17)6-9-26(24,31)10-7-19(28)29/h12-13,15-17,20-22,31H,5-11H2,1-4H3,(H,28,29)/t15-,16+,17+,20+,21?,22?,24+,25+,26-/m1/s1. The van der Waals surface area contributed by atoms with Crippen molar-refractivity contribution in [2.24, 2.45) is 34.5 Å². The van der Waals surface area contributed by atoms with Crippen LogP contribution in [0.3, 0.4) is 0 Å². The Kier molecular flexibility index (Phi) is 5.15. The normalized spacial score (nSPS) is 47.7. The molecule has 33 heavy (non-hydrogen) atoms. The maximum absolute atomic E-state index is 13.4. The molecule has 5 aliphatic rings. The SMILES string of the molecule is CC(C)OC(=O)[C@@H]1CC2=CC(=O)C3OC3[C@]2(C)[C@H]2CC[C@@]3(C)[C@@H](CC[C@@]3(O)CCC(=O)O)[C@H]12. The average molecular weight is 461 g/mol. The predicted octanol–water partition coefficient (Wildman–Crippen LogP) is 3.28. The molecule has 1 saturated heterocycles. The number of epoxide rings is 1. The molecule has 0 radical (unpaired) electrons. The van der Waals surface area contributed by atoms with E-state index < -0.39 is 17.0 Å². The molecular weight excluding hydrogens is 424 g/mol. The minimum absolute atomic E-state index is 0.00598. The Labute approximate surface area is 194 Å². The lowest BCUT2D eigenvalue weighted by atomic mass is 9.44. The second-order valence-corrected chi connectivity index (χ2v) is 11.8. The topological polar surface area (TPSA) is 113 Å². The Morgan fingerprint density at radius 2 is 1.91 bits per heavy atom. The molecule has 4 fully saturated rings. The molecule has 0 spiro atoms. The van der Waals surface area contributed by atoms with Crippen molar-refractivity contribution in [2.75, 3.05) is 0 Å². The van der Waals surface area contributed by atoms with E-state index in [9.17, 15) is 24.6 Å². The van der Waals surface area contributed by atoms with E-state index in [1.165, 1.54) is 0 Å². The average Bonchev–Trinajstić information content (AvgIpc) is 3.50. The Balaban J connectivity index is 1.54. The molecule has 4 aliphatic carbocycles. The lowest BCUT2D eigenvalue weighted by Crippen LogP contribution is -2.59. The lowest BCUT2D eigenvalue weighted by molar-refractivity contribution is -0.174. The Morgan fingerprint density at radius 3 is 2.58 bits per heavy atom. The van der Waals surface area contributed by atoms with Crippen molar-refractivity contribution in [2.45, 2.75) is 96.6 Å². The maximum atomic E-state index is 13.4. The molecule has 0 amide bonds. The smallest absolute Gasteiger partial charge is 0.309 e. The van der Waals surface area contributed by atoms with Gasteiger partial charge in [-0.2, -0.15) is 0 Å². The number of rotatable bonds is 5. The van der Waals surface area contributed by atoms with Gasteiger partial charge in [-0.15, -0.1) is 0 Å². The van der Waals surface area contributed by atoms with Gasteiger partial charge in [-0.05, 0) is 81.6 Å². The molecule has 7 heteroatoms. The molecule has 0 bridgehead atoms. The van der Waals surface area contributed by atoms with Crippen LogP contribution in [0.4, 0.5) is 0 Å². The Morgan fingerprint density at radius 1 is 1.21 bits per heavy atom. The monoisotopic (exact) mass is 460 g/mol. The summed E-state index contributed by atoms with van der Waals surface area (Å²) in [5.74, 6) is -1.23.